The molecular weight excluding hydrogens is 257 g/mol. The largest absolute Gasteiger partial charge is 0.454 e. The Hall–Kier alpha value is -2.43. The molecule has 0 aliphatic carbocycles. The lowest BCUT2D eigenvalue weighted by Crippen LogP contribution is -2.03. The van der Waals surface area contributed by atoms with E-state index < -0.39 is 0 Å². The molecule has 2 aromatic heterocycles. The van der Waals surface area contributed by atoms with Crippen molar-refractivity contribution in [1.29, 1.82) is 0 Å². The van der Waals surface area contributed by atoms with Crippen molar-refractivity contribution in [2.24, 2.45) is 0 Å². The predicted octanol–water partition coefficient (Wildman–Crippen LogP) is 3.48. The van der Waals surface area contributed by atoms with Gasteiger partial charge in [0.1, 0.15) is 28.7 Å². The normalized spacial score (nSPS) is 11.2. The lowest BCUT2D eigenvalue weighted by molar-refractivity contribution is 0.617. The lowest BCUT2D eigenvalue weighted by atomic mass is 10.1. The number of nitrogens with two attached hydrogens (primary N) is 1. The quantitative estimate of drug-likeness (QED) is 0.775. The van der Waals surface area contributed by atoms with E-state index in [1.165, 1.54) is 12.1 Å². The second-order valence-corrected chi connectivity index (χ2v) is 4.65. The summed E-state index contributed by atoms with van der Waals surface area (Å²) in [6.07, 6.45) is 0.687. The SMILES string of the molecule is CCc1nc(N)c(C)c(-c2cc3cc(F)ccc3o2)n1. The van der Waals surface area contributed by atoms with Crippen molar-refractivity contribution in [3.05, 3.63) is 41.5 Å². The monoisotopic (exact) mass is 271 g/mol. The van der Waals surface area contributed by atoms with Crippen molar-refractivity contribution in [3.8, 4) is 11.5 Å². The zero-order valence-corrected chi connectivity index (χ0v) is 11.3. The number of aromatic nitrogens is 2. The van der Waals surface area contributed by atoms with Crippen LogP contribution in [0.15, 0.2) is 28.7 Å². The summed E-state index contributed by atoms with van der Waals surface area (Å²) in [4.78, 5) is 8.67. The fourth-order valence-electron chi connectivity index (χ4n) is 2.11. The van der Waals surface area contributed by atoms with Gasteiger partial charge in [0.2, 0.25) is 0 Å². The van der Waals surface area contributed by atoms with E-state index in [0.717, 1.165) is 5.56 Å². The third-order valence-electron chi connectivity index (χ3n) is 3.26. The Morgan fingerprint density at radius 1 is 1.25 bits per heavy atom. The van der Waals surface area contributed by atoms with Crippen molar-refractivity contribution in [2.45, 2.75) is 20.3 Å². The first-order chi connectivity index (χ1) is 9.58. The molecule has 4 nitrogen and oxygen atoms in total. The molecule has 3 aromatic rings. The lowest BCUT2D eigenvalue weighted by Gasteiger charge is -2.06. The Morgan fingerprint density at radius 3 is 2.80 bits per heavy atom. The first kappa shape index (κ1) is 12.6. The van der Waals surface area contributed by atoms with Crippen molar-refractivity contribution < 1.29 is 8.81 Å². The number of nitrogen functional groups attached to an aromatic ring is 1. The Morgan fingerprint density at radius 2 is 2.05 bits per heavy atom. The molecular formula is C15H14FN3O. The molecule has 3 rings (SSSR count). The number of hydrogen-bond acceptors (Lipinski definition) is 4. The maximum absolute atomic E-state index is 13.2. The van der Waals surface area contributed by atoms with Crippen LogP contribution in [0.2, 0.25) is 0 Å². The van der Waals surface area contributed by atoms with Crippen LogP contribution < -0.4 is 5.73 Å². The highest BCUT2D eigenvalue weighted by molar-refractivity contribution is 5.83. The molecule has 0 aliphatic heterocycles. The van der Waals surface area contributed by atoms with Crippen molar-refractivity contribution in [3.63, 3.8) is 0 Å². The van der Waals surface area contributed by atoms with Gasteiger partial charge >= 0.3 is 0 Å². The summed E-state index contributed by atoms with van der Waals surface area (Å²) in [6.45, 7) is 3.81. The highest BCUT2D eigenvalue weighted by atomic mass is 19.1. The molecule has 2 heterocycles. The Kier molecular flexibility index (Phi) is 2.89. The maximum atomic E-state index is 13.2. The van der Waals surface area contributed by atoms with E-state index in [2.05, 4.69) is 9.97 Å². The molecule has 1 aromatic carbocycles. The van der Waals surface area contributed by atoms with Gasteiger partial charge in [-0.2, -0.15) is 0 Å². The van der Waals surface area contributed by atoms with E-state index in [0.29, 0.717) is 40.5 Å². The van der Waals surface area contributed by atoms with Crippen molar-refractivity contribution in [1.82, 2.24) is 9.97 Å². The summed E-state index contributed by atoms with van der Waals surface area (Å²) >= 11 is 0. The number of fused-ring (bicyclic) bond motifs is 1. The molecule has 0 spiro atoms. The van der Waals surface area contributed by atoms with Gasteiger partial charge in [-0.15, -0.1) is 0 Å². The van der Waals surface area contributed by atoms with E-state index >= 15 is 0 Å². The Labute approximate surface area is 115 Å². The number of aryl methyl sites for hydroxylation is 1. The van der Waals surface area contributed by atoms with E-state index in [1.807, 2.05) is 13.8 Å². The average Bonchev–Trinajstić information content (AvgIpc) is 2.84. The number of benzene rings is 1. The van der Waals surface area contributed by atoms with Gasteiger partial charge in [-0.05, 0) is 31.2 Å². The predicted molar refractivity (Wildman–Crippen MR) is 75.7 cm³/mol. The van der Waals surface area contributed by atoms with Crippen LogP contribution in [0.3, 0.4) is 0 Å². The topological polar surface area (TPSA) is 64.9 Å². The molecule has 0 amide bonds. The standard InChI is InChI=1S/C15H14FN3O/c1-3-13-18-14(8(2)15(17)19-13)12-7-9-6-10(16)4-5-11(9)20-12/h4-7H,3H2,1-2H3,(H2,17,18,19). The minimum Gasteiger partial charge on any atom is -0.454 e. The van der Waals surface area contributed by atoms with Gasteiger partial charge in [0.15, 0.2) is 5.76 Å². The van der Waals surface area contributed by atoms with E-state index in [4.69, 9.17) is 10.2 Å². The summed E-state index contributed by atoms with van der Waals surface area (Å²) in [7, 11) is 0. The zero-order valence-electron chi connectivity index (χ0n) is 11.3. The number of halogens is 1. The highest BCUT2D eigenvalue weighted by Gasteiger charge is 2.14. The number of hydrogen-bond donors (Lipinski definition) is 1. The second kappa shape index (κ2) is 4.59. The van der Waals surface area contributed by atoms with Crippen molar-refractivity contribution >= 4 is 16.8 Å². The number of anilines is 1. The van der Waals surface area contributed by atoms with Gasteiger partial charge < -0.3 is 10.2 Å². The van der Waals surface area contributed by atoms with Crippen LogP contribution in [-0.2, 0) is 6.42 Å². The number of nitrogens with zero attached hydrogens (tertiary/aromatic N) is 2. The molecule has 0 unspecified atom stereocenters. The van der Waals surface area contributed by atoms with Gasteiger partial charge in [-0.25, -0.2) is 14.4 Å². The molecule has 5 heteroatoms. The average molecular weight is 271 g/mol. The molecule has 0 saturated carbocycles. The summed E-state index contributed by atoms with van der Waals surface area (Å²) in [5.41, 5.74) is 7.95. The van der Waals surface area contributed by atoms with Crippen LogP contribution in [0.5, 0.6) is 0 Å². The second-order valence-electron chi connectivity index (χ2n) is 4.65. The first-order valence-electron chi connectivity index (χ1n) is 6.41. The molecule has 20 heavy (non-hydrogen) atoms. The third kappa shape index (κ3) is 2.01. The summed E-state index contributed by atoms with van der Waals surface area (Å²) in [6, 6.07) is 6.18. The van der Waals surface area contributed by atoms with Crippen molar-refractivity contribution in [2.75, 3.05) is 5.73 Å². The first-order valence-corrected chi connectivity index (χ1v) is 6.41. The molecule has 0 saturated heterocycles. The van der Waals surface area contributed by atoms with Crippen LogP contribution >= 0.6 is 0 Å². The Balaban J connectivity index is 2.22. The summed E-state index contributed by atoms with van der Waals surface area (Å²) in [5.74, 6) is 1.39. The summed E-state index contributed by atoms with van der Waals surface area (Å²) < 4.78 is 19.0. The fraction of sp³-hybridized carbons (Fsp3) is 0.200. The van der Waals surface area contributed by atoms with Gasteiger partial charge in [-0.1, -0.05) is 6.92 Å². The minimum absolute atomic E-state index is 0.293. The maximum Gasteiger partial charge on any atom is 0.154 e. The number of furan rings is 1. The fourth-order valence-corrected chi connectivity index (χ4v) is 2.11. The molecule has 2 N–H and O–H groups in total. The van der Waals surface area contributed by atoms with E-state index in [-0.39, 0.29) is 5.82 Å². The van der Waals surface area contributed by atoms with Crippen LogP contribution in [0, 0.1) is 12.7 Å². The summed E-state index contributed by atoms with van der Waals surface area (Å²) in [5, 5.41) is 0.703. The van der Waals surface area contributed by atoms with Gasteiger partial charge in [0, 0.05) is 17.4 Å². The minimum atomic E-state index is -0.293. The van der Waals surface area contributed by atoms with Crippen LogP contribution in [0.4, 0.5) is 10.2 Å². The molecule has 0 atom stereocenters. The van der Waals surface area contributed by atoms with Crippen LogP contribution in [0.1, 0.15) is 18.3 Å². The smallest absolute Gasteiger partial charge is 0.154 e. The van der Waals surface area contributed by atoms with E-state index in [9.17, 15) is 4.39 Å². The third-order valence-corrected chi connectivity index (χ3v) is 3.26. The molecule has 0 bridgehead atoms. The Bertz CT molecular complexity index is 795. The highest BCUT2D eigenvalue weighted by Crippen LogP contribution is 2.30. The zero-order chi connectivity index (χ0) is 14.3. The van der Waals surface area contributed by atoms with E-state index in [1.54, 1.807) is 12.1 Å². The number of rotatable bonds is 2. The van der Waals surface area contributed by atoms with Gasteiger partial charge in [-0.3, -0.25) is 0 Å². The van der Waals surface area contributed by atoms with Gasteiger partial charge in [0.25, 0.3) is 0 Å². The molecule has 0 fully saturated rings. The molecule has 0 radical (unpaired) electrons. The molecule has 102 valence electrons. The van der Waals surface area contributed by atoms with Gasteiger partial charge in [0.05, 0.1) is 0 Å². The van der Waals surface area contributed by atoms with Crippen LogP contribution in [0.25, 0.3) is 22.4 Å². The van der Waals surface area contributed by atoms with Crippen LogP contribution in [-0.4, -0.2) is 9.97 Å². The molecule has 0 aliphatic rings.